The van der Waals surface area contributed by atoms with E-state index in [0.29, 0.717) is 36.0 Å². The molecule has 0 saturated heterocycles. The maximum atomic E-state index is 13.8. The van der Waals surface area contributed by atoms with Crippen LogP contribution in [0, 0.1) is 17.6 Å². The molecular formula is C24H24F2N2O5S. The van der Waals surface area contributed by atoms with Crippen LogP contribution < -0.4 is 10.1 Å². The normalized spacial score (nSPS) is 12.0. The van der Waals surface area contributed by atoms with Crippen LogP contribution in [0.1, 0.15) is 56.9 Å². The molecule has 0 amide bonds. The monoisotopic (exact) mass is 490 g/mol. The third-order valence-corrected chi connectivity index (χ3v) is 6.16. The molecule has 0 aliphatic heterocycles. The van der Waals surface area contributed by atoms with Gasteiger partial charge < -0.3 is 20.3 Å². The Morgan fingerprint density at radius 3 is 2.50 bits per heavy atom. The molecular weight excluding hydrogens is 466 g/mol. The minimum Gasteiger partial charge on any atom is -0.478 e. The lowest BCUT2D eigenvalue weighted by atomic mass is 10.0. The molecule has 1 aromatic heterocycles. The molecule has 1 atom stereocenters. The van der Waals surface area contributed by atoms with Gasteiger partial charge in [0.15, 0.2) is 11.6 Å². The number of thiazole rings is 1. The third-order valence-electron chi connectivity index (χ3n) is 5.09. The fraction of sp³-hybridized carbons (Fsp3) is 0.292. The van der Waals surface area contributed by atoms with Gasteiger partial charge in [-0.15, -0.1) is 11.3 Å². The average Bonchev–Trinajstić information content (AvgIpc) is 3.26. The number of ether oxygens (including phenoxy) is 1. The first-order valence-electron chi connectivity index (χ1n) is 10.6. The maximum absolute atomic E-state index is 13.8. The molecule has 0 saturated carbocycles. The van der Waals surface area contributed by atoms with Crippen LogP contribution in [0.4, 0.5) is 8.78 Å². The molecule has 1 heterocycles. The second-order valence-electron chi connectivity index (χ2n) is 7.95. The maximum Gasteiger partial charge on any atom is 0.347 e. The van der Waals surface area contributed by atoms with Gasteiger partial charge >= 0.3 is 11.9 Å². The van der Waals surface area contributed by atoms with Crippen molar-refractivity contribution in [1.82, 2.24) is 10.3 Å². The summed E-state index contributed by atoms with van der Waals surface area (Å²) < 4.78 is 32.3. The Hall–Kier alpha value is -3.37. The van der Waals surface area contributed by atoms with Crippen molar-refractivity contribution >= 4 is 23.3 Å². The van der Waals surface area contributed by atoms with Crippen molar-refractivity contribution in [1.29, 1.82) is 0 Å². The fourth-order valence-electron chi connectivity index (χ4n) is 3.40. The Morgan fingerprint density at radius 1 is 1.12 bits per heavy atom. The van der Waals surface area contributed by atoms with Crippen LogP contribution in [-0.4, -0.2) is 33.7 Å². The van der Waals surface area contributed by atoms with E-state index in [1.165, 1.54) is 18.3 Å². The summed E-state index contributed by atoms with van der Waals surface area (Å²) >= 11 is 1.13. The first-order valence-corrected chi connectivity index (χ1v) is 11.4. The first-order chi connectivity index (χ1) is 16.2. The molecule has 3 aromatic rings. The van der Waals surface area contributed by atoms with Crippen LogP contribution >= 0.6 is 11.3 Å². The number of halogens is 2. The number of aromatic nitrogens is 1. The van der Waals surface area contributed by atoms with Crippen molar-refractivity contribution in [3.63, 3.8) is 0 Å². The van der Waals surface area contributed by atoms with Gasteiger partial charge in [0.05, 0.1) is 17.8 Å². The SMILES string of the molecule is CC(C)[C@@H](NCCCc1ccc(Oc2ccc(F)cc2F)cc1C(=O)O)c1ncc(C(=O)O)s1. The molecule has 0 spiro atoms. The van der Waals surface area contributed by atoms with Crippen LogP contribution in [-0.2, 0) is 6.42 Å². The summed E-state index contributed by atoms with van der Waals surface area (Å²) in [4.78, 5) is 27.3. The number of carboxylic acid groups (broad SMARTS) is 2. The molecule has 180 valence electrons. The van der Waals surface area contributed by atoms with E-state index in [2.05, 4.69) is 10.3 Å². The van der Waals surface area contributed by atoms with Crippen molar-refractivity contribution in [2.24, 2.45) is 5.92 Å². The third kappa shape index (κ3) is 6.36. The quantitative estimate of drug-likeness (QED) is 0.303. The minimum absolute atomic E-state index is 0.0338. The standard InChI is InChI=1S/C24H24F2N2O5S/c1-13(2)21(22-28-12-20(34-22)24(31)32)27-9-3-4-14-5-7-16(11-17(14)23(29)30)33-19-8-6-15(25)10-18(19)26/h5-8,10-13,21,27H,3-4,9H2,1-2H3,(H,29,30)(H,31,32)/t21-/m1/s1. The smallest absolute Gasteiger partial charge is 0.347 e. The van der Waals surface area contributed by atoms with Crippen LogP contribution in [0.15, 0.2) is 42.6 Å². The van der Waals surface area contributed by atoms with Crippen molar-refractivity contribution in [2.75, 3.05) is 6.54 Å². The number of carboxylic acids is 2. The molecule has 0 fully saturated rings. The summed E-state index contributed by atoms with van der Waals surface area (Å²) in [5.41, 5.74) is 0.621. The van der Waals surface area contributed by atoms with E-state index in [0.717, 1.165) is 23.5 Å². The number of carbonyl (C=O) groups is 2. The summed E-state index contributed by atoms with van der Waals surface area (Å²) in [6.07, 6.45) is 2.43. The van der Waals surface area contributed by atoms with Crippen LogP contribution in [0.2, 0.25) is 0 Å². The highest BCUT2D eigenvalue weighted by atomic mass is 32.1. The minimum atomic E-state index is -1.14. The Bertz CT molecular complexity index is 1180. The van der Waals surface area contributed by atoms with Gasteiger partial charge in [0.1, 0.15) is 21.5 Å². The highest BCUT2D eigenvalue weighted by Gasteiger charge is 2.21. The van der Waals surface area contributed by atoms with Crippen molar-refractivity contribution < 1.29 is 33.3 Å². The predicted molar refractivity (Wildman–Crippen MR) is 123 cm³/mol. The Labute approximate surface area is 199 Å². The number of hydrogen-bond acceptors (Lipinski definition) is 6. The lowest BCUT2D eigenvalue weighted by molar-refractivity contribution is 0.0687. The number of aromatic carboxylic acids is 2. The van der Waals surface area contributed by atoms with E-state index in [9.17, 15) is 23.5 Å². The molecule has 10 heteroatoms. The van der Waals surface area contributed by atoms with E-state index < -0.39 is 23.6 Å². The van der Waals surface area contributed by atoms with E-state index in [4.69, 9.17) is 9.84 Å². The molecule has 3 rings (SSSR count). The van der Waals surface area contributed by atoms with Crippen LogP contribution in [0.5, 0.6) is 11.5 Å². The topological polar surface area (TPSA) is 109 Å². The molecule has 2 aromatic carbocycles. The zero-order valence-corrected chi connectivity index (χ0v) is 19.4. The lowest BCUT2D eigenvalue weighted by Gasteiger charge is -2.20. The summed E-state index contributed by atoms with van der Waals surface area (Å²) in [6, 6.07) is 7.21. The van der Waals surface area contributed by atoms with Gasteiger partial charge in [0, 0.05) is 6.07 Å². The predicted octanol–water partition coefficient (Wildman–Crippen LogP) is 5.53. The molecule has 0 unspecified atom stereocenters. The van der Waals surface area contributed by atoms with Crippen LogP contribution in [0.25, 0.3) is 0 Å². The fourth-order valence-corrected chi connectivity index (χ4v) is 4.40. The highest BCUT2D eigenvalue weighted by Crippen LogP contribution is 2.28. The van der Waals surface area contributed by atoms with Crippen molar-refractivity contribution in [3.05, 3.63) is 75.2 Å². The second-order valence-corrected chi connectivity index (χ2v) is 9.01. The Morgan fingerprint density at radius 2 is 1.88 bits per heavy atom. The molecule has 0 bridgehead atoms. The van der Waals surface area contributed by atoms with Gasteiger partial charge in [-0.1, -0.05) is 19.9 Å². The lowest BCUT2D eigenvalue weighted by Crippen LogP contribution is -2.27. The average molecular weight is 491 g/mol. The largest absolute Gasteiger partial charge is 0.478 e. The van der Waals surface area contributed by atoms with E-state index in [1.54, 1.807) is 6.07 Å². The van der Waals surface area contributed by atoms with Gasteiger partial charge in [0.2, 0.25) is 0 Å². The summed E-state index contributed by atoms with van der Waals surface area (Å²) in [5, 5.41) is 22.8. The number of benzene rings is 2. The van der Waals surface area contributed by atoms with Gasteiger partial charge in [0.25, 0.3) is 0 Å². The number of rotatable bonds is 11. The van der Waals surface area contributed by atoms with Crippen LogP contribution in [0.3, 0.4) is 0 Å². The van der Waals surface area contributed by atoms with Crippen molar-refractivity contribution in [2.45, 2.75) is 32.7 Å². The van der Waals surface area contributed by atoms with E-state index in [-0.39, 0.29) is 33.9 Å². The summed E-state index contributed by atoms with van der Waals surface area (Å²) in [7, 11) is 0. The second kappa shape index (κ2) is 11.2. The van der Waals surface area contributed by atoms with Gasteiger partial charge in [-0.05, 0) is 55.1 Å². The molecule has 3 N–H and O–H groups in total. The Kier molecular flexibility index (Phi) is 8.30. The van der Waals surface area contributed by atoms with Crippen molar-refractivity contribution in [3.8, 4) is 11.5 Å². The van der Waals surface area contributed by atoms with Gasteiger partial charge in [-0.25, -0.2) is 23.4 Å². The number of hydrogen-bond donors (Lipinski definition) is 3. The van der Waals surface area contributed by atoms with E-state index in [1.807, 2.05) is 13.8 Å². The number of aryl methyl sites for hydroxylation is 1. The van der Waals surface area contributed by atoms with Gasteiger partial charge in [-0.3, -0.25) is 0 Å². The van der Waals surface area contributed by atoms with Gasteiger partial charge in [-0.2, -0.15) is 0 Å². The molecule has 0 radical (unpaired) electrons. The number of nitrogens with one attached hydrogen (secondary N) is 1. The Balaban J connectivity index is 1.64. The molecule has 34 heavy (non-hydrogen) atoms. The zero-order chi connectivity index (χ0) is 24.8. The highest BCUT2D eigenvalue weighted by molar-refractivity contribution is 7.13. The number of nitrogens with zero attached hydrogens (tertiary/aromatic N) is 1. The summed E-state index contributed by atoms with van der Waals surface area (Å²) in [5.74, 6) is -3.69. The molecule has 0 aliphatic rings. The van der Waals surface area contributed by atoms with E-state index >= 15 is 0 Å². The molecule has 7 nitrogen and oxygen atoms in total. The summed E-state index contributed by atoms with van der Waals surface area (Å²) in [6.45, 7) is 4.57. The molecule has 0 aliphatic carbocycles. The first kappa shape index (κ1) is 25.3. The zero-order valence-electron chi connectivity index (χ0n) is 18.5.